The Morgan fingerprint density at radius 2 is 1.96 bits per heavy atom. The van der Waals surface area contributed by atoms with E-state index in [4.69, 9.17) is 0 Å². The molecule has 0 spiro atoms. The quantitative estimate of drug-likeness (QED) is 0.373. The predicted octanol–water partition coefficient (Wildman–Crippen LogP) is 1.88. The van der Waals surface area contributed by atoms with E-state index < -0.39 is 6.10 Å². The molecule has 0 saturated heterocycles. The zero-order valence-corrected chi connectivity index (χ0v) is 15.3. The second-order valence-electron chi connectivity index (χ2n) is 4.69. The second-order valence-corrected chi connectivity index (χ2v) is 4.69. The summed E-state index contributed by atoms with van der Waals surface area (Å²) in [7, 11) is 0. The minimum absolute atomic E-state index is 0. The van der Waals surface area contributed by atoms with Gasteiger partial charge in [-0.15, -0.1) is 24.0 Å². The van der Waals surface area contributed by atoms with Crippen molar-refractivity contribution in [2.45, 2.75) is 19.6 Å². The lowest BCUT2D eigenvalue weighted by atomic mass is 10.1. The van der Waals surface area contributed by atoms with Crippen LogP contribution in [0.1, 0.15) is 24.3 Å². The van der Waals surface area contributed by atoms with E-state index in [2.05, 4.69) is 25.6 Å². The molecule has 2 heterocycles. The van der Waals surface area contributed by atoms with Gasteiger partial charge in [0.2, 0.25) is 0 Å². The predicted molar refractivity (Wildman–Crippen MR) is 102 cm³/mol. The highest BCUT2D eigenvalue weighted by Crippen LogP contribution is 2.09. The Hall–Kier alpha value is -1.74. The van der Waals surface area contributed by atoms with Crippen molar-refractivity contribution in [3.05, 3.63) is 60.2 Å². The van der Waals surface area contributed by atoms with E-state index in [0.29, 0.717) is 19.0 Å². The number of halogens is 1. The number of nitrogens with one attached hydrogen (secondary N) is 2. The van der Waals surface area contributed by atoms with E-state index in [1.807, 2.05) is 25.1 Å². The molecular formula is C16H22IN5O. The number of aliphatic imine (C=N–C) groups is 1. The highest BCUT2D eigenvalue weighted by molar-refractivity contribution is 14.0. The Morgan fingerprint density at radius 3 is 2.61 bits per heavy atom. The molecule has 0 aliphatic heterocycles. The average Bonchev–Trinajstić information content (AvgIpc) is 2.59. The number of nitrogens with zero attached hydrogens (tertiary/aromatic N) is 3. The minimum Gasteiger partial charge on any atom is -0.387 e. The van der Waals surface area contributed by atoms with Crippen molar-refractivity contribution in [2.24, 2.45) is 4.99 Å². The lowest BCUT2D eigenvalue weighted by Gasteiger charge is -2.15. The molecule has 0 radical (unpaired) electrons. The summed E-state index contributed by atoms with van der Waals surface area (Å²) in [4.78, 5) is 12.6. The lowest BCUT2D eigenvalue weighted by Crippen LogP contribution is -2.39. The normalized spacial score (nSPS) is 12.2. The molecule has 0 amide bonds. The number of hydrogen-bond acceptors (Lipinski definition) is 4. The van der Waals surface area contributed by atoms with E-state index in [0.717, 1.165) is 17.8 Å². The standard InChI is InChI=1S/C16H21N5O.HI/c1-2-18-16(20-11-14-5-3-4-8-19-14)21-12-15(22)13-6-9-17-10-7-13;/h3-10,15,22H,2,11-12H2,1H3,(H2,18,20,21);1H. The Bertz CT molecular complexity index is 580. The molecule has 0 bridgehead atoms. The Labute approximate surface area is 153 Å². The van der Waals surface area contributed by atoms with Gasteiger partial charge in [0.25, 0.3) is 0 Å². The molecule has 23 heavy (non-hydrogen) atoms. The number of pyridine rings is 2. The van der Waals surface area contributed by atoms with Gasteiger partial charge in [-0.3, -0.25) is 9.97 Å². The van der Waals surface area contributed by atoms with Crippen LogP contribution in [0, 0.1) is 0 Å². The van der Waals surface area contributed by atoms with Gasteiger partial charge in [0.1, 0.15) is 0 Å². The monoisotopic (exact) mass is 427 g/mol. The molecule has 0 aromatic carbocycles. The zero-order valence-electron chi connectivity index (χ0n) is 13.0. The zero-order chi connectivity index (χ0) is 15.6. The van der Waals surface area contributed by atoms with E-state index in [9.17, 15) is 5.11 Å². The molecule has 124 valence electrons. The topological polar surface area (TPSA) is 82.4 Å². The van der Waals surface area contributed by atoms with Crippen LogP contribution in [-0.4, -0.2) is 34.1 Å². The number of rotatable bonds is 6. The third-order valence-corrected chi connectivity index (χ3v) is 3.02. The Morgan fingerprint density at radius 1 is 1.17 bits per heavy atom. The van der Waals surface area contributed by atoms with Crippen LogP contribution in [0.5, 0.6) is 0 Å². The summed E-state index contributed by atoms with van der Waals surface area (Å²) in [6.07, 6.45) is 4.47. The number of guanidine groups is 1. The summed E-state index contributed by atoms with van der Waals surface area (Å²) in [5.41, 5.74) is 1.72. The van der Waals surface area contributed by atoms with Crippen LogP contribution >= 0.6 is 24.0 Å². The third-order valence-electron chi connectivity index (χ3n) is 3.02. The van der Waals surface area contributed by atoms with Gasteiger partial charge < -0.3 is 15.7 Å². The maximum Gasteiger partial charge on any atom is 0.191 e. The minimum atomic E-state index is -0.610. The fourth-order valence-electron chi connectivity index (χ4n) is 1.89. The SMILES string of the molecule is CCNC(=NCc1ccccn1)NCC(O)c1ccncc1.I. The van der Waals surface area contributed by atoms with Crippen LogP contribution in [0.2, 0.25) is 0 Å². The average molecular weight is 427 g/mol. The Kier molecular flexibility index (Phi) is 9.15. The molecule has 0 aliphatic carbocycles. The van der Waals surface area contributed by atoms with Gasteiger partial charge in [-0.2, -0.15) is 0 Å². The summed E-state index contributed by atoms with van der Waals surface area (Å²) >= 11 is 0. The van der Waals surface area contributed by atoms with Gasteiger partial charge in [0.05, 0.1) is 18.3 Å². The number of hydrogen-bond donors (Lipinski definition) is 3. The molecule has 7 heteroatoms. The van der Waals surface area contributed by atoms with Crippen molar-refractivity contribution in [3.8, 4) is 0 Å². The number of aromatic nitrogens is 2. The van der Waals surface area contributed by atoms with Gasteiger partial charge >= 0.3 is 0 Å². The van der Waals surface area contributed by atoms with Crippen molar-refractivity contribution in [3.63, 3.8) is 0 Å². The molecule has 0 fully saturated rings. The van der Waals surface area contributed by atoms with Gasteiger partial charge in [-0.1, -0.05) is 6.07 Å². The van der Waals surface area contributed by atoms with Gasteiger partial charge in [0.15, 0.2) is 5.96 Å². The summed E-state index contributed by atoms with van der Waals surface area (Å²) in [6.45, 7) is 3.61. The number of aliphatic hydroxyl groups is 1. The summed E-state index contributed by atoms with van der Waals surface area (Å²) in [5, 5.41) is 16.4. The summed E-state index contributed by atoms with van der Waals surface area (Å²) in [5.74, 6) is 0.654. The first-order chi connectivity index (χ1) is 10.8. The van der Waals surface area contributed by atoms with Crippen LogP contribution in [0.15, 0.2) is 53.9 Å². The maximum absolute atomic E-state index is 10.1. The van der Waals surface area contributed by atoms with Crippen molar-refractivity contribution in [2.75, 3.05) is 13.1 Å². The van der Waals surface area contributed by atoms with Crippen LogP contribution in [0.25, 0.3) is 0 Å². The van der Waals surface area contributed by atoms with Crippen molar-refractivity contribution in [1.82, 2.24) is 20.6 Å². The van der Waals surface area contributed by atoms with E-state index in [-0.39, 0.29) is 24.0 Å². The molecule has 2 aromatic heterocycles. The molecule has 1 unspecified atom stereocenters. The van der Waals surface area contributed by atoms with Crippen LogP contribution in [0.4, 0.5) is 0 Å². The highest BCUT2D eigenvalue weighted by atomic mass is 127. The summed E-state index contributed by atoms with van der Waals surface area (Å²) < 4.78 is 0. The second kappa shape index (κ2) is 10.9. The van der Waals surface area contributed by atoms with E-state index in [1.54, 1.807) is 30.7 Å². The van der Waals surface area contributed by atoms with Crippen LogP contribution in [-0.2, 0) is 6.54 Å². The number of aliphatic hydroxyl groups excluding tert-OH is 1. The third kappa shape index (κ3) is 6.91. The van der Waals surface area contributed by atoms with E-state index >= 15 is 0 Å². The van der Waals surface area contributed by atoms with Crippen LogP contribution in [0.3, 0.4) is 0 Å². The molecule has 2 rings (SSSR count). The molecule has 1 atom stereocenters. The van der Waals surface area contributed by atoms with Crippen molar-refractivity contribution in [1.29, 1.82) is 0 Å². The first kappa shape index (κ1) is 19.3. The summed E-state index contributed by atoms with van der Waals surface area (Å²) in [6, 6.07) is 9.33. The molecular weight excluding hydrogens is 405 g/mol. The molecule has 0 aliphatic rings. The first-order valence-corrected chi connectivity index (χ1v) is 7.29. The van der Waals surface area contributed by atoms with Crippen molar-refractivity contribution < 1.29 is 5.11 Å². The lowest BCUT2D eigenvalue weighted by molar-refractivity contribution is 0.180. The fraction of sp³-hybridized carbons (Fsp3) is 0.312. The van der Waals surface area contributed by atoms with E-state index in [1.165, 1.54) is 0 Å². The van der Waals surface area contributed by atoms with Crippen LogP contribution < -0.4 is 10.6 Å². The molecule has 3 N–H and O–H groups in total. The molecule has 2 aromatic rings. The van der Waals surface area contributed by atoms with Gasteiger partial charge in [-0.05, 0) is 36.8 Å². The van der Waals surface area contributed by atoms with Gasteiger partial charge in [-0.25, -0.2) is 4.99 Å². The largest absolute Gasteiger partial charge is 0.387 e. The first-order valence-electron chi connectivity index (χ1n) is 7.29. The Balaban J connectivity index is 0.00000264. The highest BCUT2D eigenvalue weighted by Gasteiger charge is 2.07. The maximum atomic E-state index is 10.1. The molecule has 0 saturated carbocycles. The van der Waals surface area contributed by atoms with Crippen molar-refractivity contribution >= 4 is 29.9 Å². The molecule has 6 nitrogen and oxygen atoms in total. The van der Waals surface area contributed by atoms with Gasteiger partial charge in [0, 0.05) is 31.7 Å². The smallest absolute Gasteiger partial charge is 0.191 e. The fourth-order valence-corrected chi connectivity index (χ4v) is 1.89.